The molecule has 0 heterocycles. The third-order valence-corrected chi connectivity index (χ3v) is 2.58. The number of hydrogen-bond donors (Lipinski definition) is 1. The van der Waals surface area contributed by atoms with E-state index in [0.29, 0.717) is 11.3 Å². The lowest BCUT2D eigenvalue weighted by Gasteiger charge is -2.05. The monoisotopic (exact) mass is 254 g/mol. The Morgan fingerprint density at radius 3 is 2.32 bits per heavy atom. The summed E-state index contributed by atoms with van der Waals surface area (Å²) in [6, 6.07) is 14.4. The van der Waals surface area contributed by atoms with E-state index in [2.05, 4.69) is 5.32 Å². The van der Waals surface area contributed by atoms with Crippen molar-refractivity contribution < 1.29 is 9.18 Å². The second-order valence-corrected chi connectivity index (χ2v) is 4.04. The van der Waals surface area contributed by atoms with Crippen molar-refractivity contribution in [3.63, 3.8) is 0 Å². The molecule has 1 amide bonds. The van der Waals surface area contributed by atoms with Gasteiger partial charge in [0.1, 0.15) is 5.82 Å². The van der Waals surface area contributed by atoms with Gasteiger partial charge in [0.25, 0.3) is 0 Å². The molecule has 2 aromatic rings. The molecule has 0 radical (unpaired) electrons. The van der Waals surface area contributed by atoms with Gasteiger partial charge >= 0.3 is 0 Å². The summed E-state index contributed by atoms with van der Waals surface area (Å²) in [7, 11) is 0. The van der Waals surface area contributed by atoms with E-state index in [0.717, 1.165) is 5.56 Å². The molecule has 0 atom stereocenters. The Labute approximate surface area is 110 Å². The van der Waals surface area contributed by atoms with Gasteiger partial charge in [-0.25, -0.2) is 4.39 Å². The molecule has 2 rings (SSSR count). The van der Waals surface area contributed by atoms with Crippen LogP contribution in [0, 0.1) is 17.1 Å². The second kappa shape index (κ2) is 5.78. The first kappa shape index (κ1) is 12.8. The minimum absolute atomic E-state index is 0.181. The summed E-state index contributed by atoms with van der Waals surface area (Å²) in [5.74, 6) is -0.507. The number of carbonyl (C=O) groups is 1. The van der Waals surface area contributed by atoms with Gasteiger partial charge in [0.05, 0.1) is 18.1 Å². The summed E-state index contributed by atoms with van der Waals surface area (Å²) >= 11 is 0. The third kappa shape index (κ3) is 3.65. The first-order valence-electron chi connectivity index (χ1n) is 5.72. The van der Waals surface area contributed by atoms with Crippen molar-refractivity contribution in [1.82, 2.24) is 0 Å². The van der Waals surface area contributed by atoms with Crippen LogP contribution in [0.4, 0.5) is 10.1 Å². The molecule has 0 aliphatic heterocycles. The Kier molecular flexibility index (Phi) is 3.89. The molecule has 0 saturated carbocycles. The molecule has 94 valence electrons. The molecule has 0 aliphatic rings. The van der Waals surface area contributed by atoms with Crippen molar-refractivity contribution in [3.8, 4) is 6.07 Å². The number of nitrogens with zero attached hydrogens (tertiary/aromatic N) is 1. The van der Waals surface area contributed by atoms with E-state index in [1.807, 2.05) is 6.07 Å². The number of nitrogens with one attached hydrogen (secondary N) is 1. The van der Waals surface area contributed by atoms with E-state index in [4.69, 9.17) is 5.26 Å². The van der Waals surface area contributed by atoms with Crippen LogP contribution in [0.3, 0.4) is 0 Å². The van der Waals surface area contributed by atoms with Crippen molar-refractivity contribution in [2.75, 3.05) is 5.32 Å². The van der Waals surface area contributed by atoms with Crippen LogP contribution in [0.1, 0.15) is 11.1 Å². The summed E-state index contributed by atoms with van der Waals surface area (Å²) in [6.07, 6.45) is 0.181. The van der Waals surface area contributed by atoms with Gasteiger partial charge in [0.15, 0.2) is 0 Å². The topological polar surface area (TPSA) is 52.9 Å². The molecule has 4 heteroatoms. The van der Waals surface area contributed by atoms with Crippen molar-refractivity contribution in [3.05, 3.63) is 65.5 Å². The summed E-state index contributed by atoms with van der Waals surface area (Å²) in [4.78, 5) is 11.8. The highest BCUT2D eigenvalue weighted by atomic mass is 19.1. The SMILES string of the molecule is N#Cc1ccc(NC(=O)Cc2ccc(F)cc2)cc1. The molecule has 3 nitrogen and oxygen atoms in total. The minimum atomic E-state index is -0.323. The lowest BCUT2D eigenvalue weighted by Crippen LogP contribution is -2.14. The average molecular weight is 254 g/mol. The van der Waals surface area contributed by atoms with Crippen molar-refractivity contribution in [2.24, 2.45) is 0 Å². The molecular weight excluding hydrogens is 243 g/mol. The number of hydrogen-bond acceptors (Lipinski definition) is 2. The van der Waals surface area contributed by atoms with Gasteiger partial charge in [-0.15, -0.1) is 0 Å². The number of benzene rings is 2. The van der Waals surface area contributed by atoms with E-state index in [1.54, 1.807) is 36.4 Å². The predicted octanol–water partition coefficient (Wildman–Crippen LogP) is 2.88. The molecule has 19 heavy (non-hydrogen) atoms. The van der Waals surface area contributed by atoms with Crippen LogP contribution in [-0.4, -0.2) is 5.91 Å². The van der Waals surface area contributed by atoms with Crippen molar-refractivity contribution >= 4 is 11.6 Å². The summed E-state index contributed by atoms with van der Waals surface area (Å²) in [5, 5.41) is 11.4. The maximum Gasteiger partial charge on any atom is 0.228 e. The van der Waals surface area contributed by atoms with E-state index >= 15 is 0 Å². The first-order chi connectivity index (χ1) is 9.17. The summed E-state index contributed by atoms with van der Waals surface area (Å²) < 4.78 is 12.7. The van der Waals surface area contributed by atoms with Crippen LogP contribution in [0.25, 0.3) is 0 Å². The molecular formula is C15H11FN2O. The van der Waals surface area contributed by atoms with E-state index in [9.17, 15) is 9.18 Å². The zero-order valence-corrected chi connectivity index (χ0v) is 10.1. The fraction of sp³-hybridized carbons (Fsp3) is 0.0667. The van der Waals surface area contributed by atoms with Crippen molar-refractivity contribution in [2.45, 2.75) is 6.42 Å². The smallest absolute Gasteiger partial charge is 0.228 e. The number of rotatable bonds is 3. The molecule has 0 fully saturated rings. The van der Waals surface area contributed by atoms with E-state index in [1.165, 1.54) is 12.1 Å². The zero-order valence-electron chi connectivity index (χ0n) is 10.1. The number of amides is 1. The molecule has 0 aromatic heterocycles. The van der Waals surface area contributed by atoms with Crippen LogP contribution in [0.15, 0.2) is 48.5 Å². The lowest BCUT2D eigenvalue weighted by molar-refractivity contribution is -0.115. The molecule has 1 N–H and O–H groups in total. The summed E-state index contributed by atoms with van der Waals surface area (Å²) in [6.45, 7) is 0. The van der Waals surface area contributed by atoms with Gasteiger partial charge in [0, 0.05) is 5.69 Å². The normalized spacial score (nSPS) is 9.68. The lowest BCUT2D eigenvalue weighted by atomic mass is 10.1. The Balaban J connectivity index is 1.97. The largest absolute Gasteiger partial charge is 0.326 e. The van der Waals surface area contributed by atoms with Crippen LogP contribution < -0.4 is 5.32 Å². The van der Waals surface area contributed by atoms with Gasteiger partial charge in [-0.3, -0.25) is 4.79 Å². The Bertz CT molecular complexity index is 612. The standard InChI is InChI=1S/C15H11FN2O/c16-13-5-1-11(2-6-13)9-15(19)18-14-7-3-12(10-17)4-8-14/h1-8H,9H2,(H,18,19). The number of halogens is 1. The highest BCUT2D eigenvalue weighted by Crippen LogP contribution is 2.10. The Hall–Kier alpha value is -2.67. The first-order valence-corrected chi connectivity index (χ1v) is 5.72. The second-order valence-electron chi connectivity index (χ2n) is 4.04. The highest BCUT2D eigenvalue weighted by Gasteiger charge is 2.04. The average Bonchev–Trinajstić information content (AvgIpc) is 2.42. The van der Waals surface area contributed by atoms with Gasteiger partial charge in [-0.05, 0) is 42.0 Å². The number of nitriles is 1. The van der Waals surface area contributed by atoms with Crippen molar-refractivity contribution in [1.29, 1.82) is 5.26 Å². The fourth-order valence-electron chi connectivity index (χ4n) is 1.62. The van der Waals surface area contributed by atoms with Gasteiger partial charge in [-0.2, -0.15) is 5.26 Å². The molecule has 0 spiro atoms. The Morgan fingerprint density at radius 1 is 1.11 bits per heavy atom. The van der Waals surface area contributed by atoms with E-state index < -0.39 is 0 Å². The summed E-state index contributed by atoms with van der Waals surface area (Å²) in [5.41, 5.74) is 1.91. The molecule has 0 saturated heterocycles. The maximum atomic E-state index is 12.7. The fourth-order valence-corrected chi connectivity index (χ4v) is 1.62. The third-order valence-electron chi connectivity index (χ3n) is 2.58. The molecule has 0 bridgehead atoms. The maximum absolute atomic E-state index is 12.7. The number of anilines is 1. The van der Waals surface area contributed by atoms with Crippen LogP contribution in [0.5, 0.6) is 0 Å². The molecule has 2 aromatic carbocycles. The van der Waals surface area contributed by atoms with E-state index in [-0.39, 0.29) is 18.1 Å². The number of carbonyl (C=O) groups excluding carboxylic acids is 1. The van der Waals surface area contributed by atoms with Gasteiger partial charge < -0.3 is 5.32 Å². The quantitative estimate of drug-likeness (QED) is 0.915. The van der Waals surface area contributed by atoms with Crippen LogP contribution in [0.2, 0.25) is 0 Å². The highest BCUT2D eigenvalue weighted by molar-refractivity contribution is 5.92. The molecule has 0 unspecified atom stereocenters. The Morgan fingerprint density at radius 2 is 1.74 bits per heavy atom. The predicted molar refractivity (Wildman–Crippen MR) is 69.9 cm³/mol. The van der Waals surface area contributed by atoms with Gasteiger partial charge in [-0.1, -0.05) is 12.1 Å². The minimum Gasteiger partial charge on any atom is -0.326 e. The van der Waals surface area contributed by atoms with Crippen LogP contribution >= 0.6 is 0 Å². The van der Waals surface area contributed by atoms with Gasteiger partial charge in [0.2, 0.25) is 5.91 Å². The van der Waals surface area contributed by atoms with Crippen LogP contribution in [-0.2, 0) is 11.2 Å². The molecule has 0 aliphatic carbocycles. The zero-order chi connectivity index (χ0) is 13.7.